The third-order valence-corrected chi connectivity index (χ3v) is 3.48. The molecule has 1 fully saturated rings. The summed E-state index contributed by atoms with van der Waals surface area (Å²) in [5.74, 6) is 0.986. The number of carbonyl (C=O) groups is 1. The lowest BCUT2D eigenvalue weighted by Gasteiger charge is -2.20. The summed E-state index contributed by atoms with van der Waals surface area (Å²) < 4.78 is 0. The Morgan fingerprint density at radius 3 is 2.94 bits per heavy atom. The highest BCUT2D eigenvalue weighted by Gasteiger charge is 2.28. The standard InChI is InChI=1S/C13H18N2O2/c1-9(2)10-5-7-15(8-10)12-11(13(16)17)4-3-6-14-12/h3-4,6,9-10H,5,7-8H2,1-2H3,(H,16,17). The van der Waals surface area contributed by atoms with Gasteiger partial charge in [0.1, 0.15) is 11.4 Å². The minimum atomic E-state index is -0.902. The number of pyridine rings is 1. The quantitative estimate of drug-likeness (QED) is 0.871. The van der Waals surface area contributed by atoms with Gasteiger partial charge in [-0.3, -0.25) is 0 Å². The van der Waals surface area contributed by atoms with Crippen molar-refractivity contribution >= 4 is 11.8 Å². The van der Waals surface area contributed by atoms with E-state index in [4.69, 9.17) is 5.11 Å². The summed E-state index contributed by atoms with van der Waals surface area (Å²) in [6.45, 7) is 6.24. The number of carboxylic acids is 1. The molecule has 0 bridgehead atoms. The molecule has 1 N–H and O–H groups in total. The van der Waals surface area contributed by atoms with E-state index in [2.05, 4.69) is 23.7 Å². The first-order valence-corrected chi connectivity index (χ1v) is 6.03. The van der Waals surface area contributed by atoms with Crippen LogP contribution in [0.5, 0.6) is 0 Å². The van der Waals surface area contributed by atoms with Crippen LogP contribution in [0.3, 0.4) is 0 Å². The first-order chi connectivity index (χ1) is 8.09. The van der Waals surface area contributed by atoms with Gasteiger partial charge in [0.25, 0.3) is 0 Å². The van der Waals surface area contributed by atoms with Crippen LogP contribution >= 0.6 is 0 Å². The predicted molar refractivity (Wildman–Crippen MR) is 66.4 cm³/mol. The minimum absolute atomic E-state index is 0.303. The van der Waals surface area contributed by atoms with Crippen molar-refractivity contribution in [3.8, 4) is 0 Å². The van der Waals surface area contributed by atoms with E-state index in [1.807, 2.05) is 0 Å². The van der Waals surface area contributed by atoms with Crippen LogP contribution in [0.1, 0.15) is 30.6 Å². The van der Waals surface area contributed by atoms with Crippen molar-refractivity contribution in [2.24, 2.45) is 11.8 Å². The molecule has 17 heavy (non-hydrogen) atoms. The monoisotopic (exact) mass is 234 g/mol. The molecule has 1 aromatic heterocycles. The predicted octanol–water partition coefficient (Wildman–Crippen LogP) is 2.26. The van der Waals surface area contributed by atoms with Crippen LogP contribution in [0.25, 0.3) is 0 Å². The number of carboxylic acid groups (broad SMARTS) is 1. The van der Waals surface area contributed by atoms with Gasteiger partial charge in [-0.2, -0.15) is 0 Å². The van der Waals surface area contributed by atoms with Crippen LogP contribution in [0.4, 0.5) is 5.82 Å². The molecule has 1 aromatic rings. The second kappa shape index (κ2) is 4.73. The highest BCUT2D eigenvalue weighted by molar-refractivity contribution is 5.93. The Balaban J connectivity index is 2.21. The van der Waals surface area contributed by atoms with Crippen LogP contribution in [0, 0.1) is 11.8 Å². The summed E-state index contributed by atoms with van der Waals surface area (Å²) in [4.78, 5) is 17.4. The lowest BCUT2D eigenvalue weighted by molar-refractivity contribution is 0.0697. The average Bonchev–Trinajstić information content (AvgIpc) is 2.78. The number of nitrogens with zero attached hydrogens (tertiary/aromatic N) is 2. The Morgan fingerprint density at radius 1 is 1.59 bits per heavy atom. The maximum Gasteiger partial charge on any atom is 0.339 e. The molecule has 0 amide bonds. The lowest BCUT2D eigenvalue weighted by atomic mass is 9.95. The van der Waals surface area contributed by atoms with E-state index in [-0.39, 0.29) is 0 Å². The van der Waals surface area contributed by atoms with E-state index in [1.165, 1.54) is 0 Å². The van der Waals surface area contributed by atoms with Gasteiger partial charge in [-0.15, -0.1) is 0 Å². The molecule has 0 spiro atoms. The maximum absolute atomic E-state index is 11.1. The second-order valence-electron chi connectivity index (χ2n) is 4.92. The molecule has 4 nitrogen and oxygen atoms in total. The molecule has 1 atom stereocenters. The van der Waals surface area contributed by atoms with E-state index in [0.29, 0.717) is 23.2 Å². The van der Waals surface area contributed by atoms with Gasteiger partial charge in [-0.05, 0) is 30.4 Å². The van der Waals surface area contributed by atoms with Crippen LogP contribution in [-0.2, 0) is 0 Å². The third-order valence-electron chi connectivity index (χ3n) is 3.48. The van der Waals surface area contributed by atoms with Gasteiger partial charge in [0.05, 0.1) is 0 Å². The van der Waals surface area contributed by atoms with E-state index < -0.39 is 5.97 Å². The van der Waals surface area contributed by atoms with E-state index >= 15 is 0 Å². The van der Waals surface area contributed by atoms with E-state index in [0.717, 1.165) is 19.5 Å². The second-order valence-corrected chi connectivity index (χ2v) is 4.92. The van der Waals surface area contributed by atoms with Crippen molar-refractivity contribution in [2.75, 3.05) is 18.0 Å². The molecule has 2 rings (SSSR count). The Bertz CT molecular complexity index is 418. The number of aromatic nitrogens is 1. The van der Waals surface area contributed by atoms with E-state index in [1.54, 1.807) is 18.3 Å². The highest BCUT2D eigenvalue weighted by atomic mass is 16.4. The zero-order valence-corrected chi connectivity index (χ0v) is 10.3. The van der Waals surface area contributed by atoms with Gasteiger partial charge in [-0.25, -0.2) is 9.78 Å². The fraction of sp³-hybridized carbons (Fsp3) is 0.538. The molecule has 0 radical (unpaired) electrons. The molecule has 1 aliphatic heterocycles. The first kappa shape index (κ1) is 11.9. The van der Waals surface area contributed by atoms with Gasteiger partial charge < -0.3 is 10.0 Å². The Kier molecular flexibility index (Phi) is 3.31. The molecule has 0 aromatic carbocycles. The van der Waals surface area contributed by atoms with E-state index in [9.17, 15) is 4.79 Å². The molecule has 1 aliphatic rings. The zero-order chi connectivity index (χ0) is 12.4. The fourth-order valence-corrected chi connectivity index (χ4v) is 2.34. The normalized spacial score (nSPS) is 19.9. The number of hydrogen-bond donors (Lipinski definition) is 1. The summed E-state index contributed by atoms with van der Waals surface area (Å²) in [5, 5.41) is 9.13. The SMILES string of the molecule is CC(C)C1CCN(c2ncccc2C(=O)O)C1. The molecule has 0 aliphatic carbocycles. The summed E-state index contributed by atoms with van der Waals surface area (Å²) in [5.41, 5.74) is 0.303. The molecule has 4 heteroatoms. The Morgan fingerprint density at radius 2 is 2.35 bits per heavy atom. The summed E-state index contributed by atoms with van der Waals surface area (Å²) in [6.07, 6.45) is 2.78. The van der Waals surface area contributed by atoms with Crippen molar-refractivity contribution < 1.29 is 9.90 Å². The Hall–Kier alpha value is -1.58. The zero-order valence-electron chi connectivity index (χ0n) is 10.3. The molecular weight excluding hydrogens is 216 g/mol. The average molecular weight is 234 g/mol. The summed E-state index contributed by atoms with van der Waals surface area (Å²) in [6, 6.07) is 3.29. The number of hydrogen-bond acceptors (Lipinski definition) is 3. The Labute approximate surface area is 101 Å². The minimum Gasteiger partial charge on any atom is -0.478 e. The van der Waals surface area contributed by atoms with Crippen molar-refractivity contribution in [3.63, 3.8) is 0 Å². The smallest absolute Gasteiger partial charge is 0.339 e. The van der Waals surface area contributed by atoms with Crippen LogP contribution in [0.15, 0.2) is 18.3 Å². The van der Waals surface area contributed by atoms with Crippen molar-refractivity contribution in [1.29, 1.82) is 0 Å². The number of aromatic carboxylic acids is 1. The summed E-state index contributed by atoms with van der Waals surface area (Å²) >= 11 is 0. The van der Waals surface area contributed by atoms with Crippen molar-refractivity contribution in [2.45, 2.75) is 20.3 Å². The van der Waals surface area contributed by atoms with Crippen LogP contribution in [-0.4, -0.2) is 29.1 Å². The molecule has 1 unspecified atom stereocenters. The molecule has 2 heterocycles. The lowest BCUT2D eigenvalue weighted by Crippen LogP contribution is -2.24. The third kappa shape index (κ3) is 2.40. The van der Waals surface area contributed by atoms with Gasteiger partial charge in [0.15, 0.2) is 0 Å². The summed E-state index contributed by atoms with van der Waals surface area (Å²) in [7, 11) is 0. The molecule has 1 saturated heterocycles. The number of rotatable bonds is 3. The highest BCUT2D eigenvalue weighted by Crippen LogP contribution is 2.28. The topological polar surface area (TPSA) is 53.4 Å². The van der Waals surface area contributed by atoms with Crippen LogP contribution < -0.4 is 4.90 Å². The van der Waals surface area contributed by atoms with Gasteiger partial charge >= 0.3 is 5.97 Å². The first-order valence-electron chi connectivity index (χ1n) is 6.03. The number of anilines is 1. The fourth-order valence-electron chi connectivity index (χ4n) is 2.34. The van der Waals surface area contributed by atoms with Crippen molar-refractivity contribution in [3.05, 3.63) is 23.9 Å². The van der Waals surface area contributed by atoms with Gasteiger partial charge in [-0.1, -0.05) is 13.8 Å². The van der Waals surface area contributed by atoms with Crippen LogP contribution in [0.2, 0.25) is 0 Å². The van der Waals surface area contributed by atoms with Crippen molar-refractivity contribution in [1.82, 2.24) is 4.98 Å². The van der Waals surface area contributed by atoms with Gasteiger partial charge in [0.2, 0.25) is 0 Å². The van der Waals surface area contributed by atoms with Gasteiger partial charge in [0, 0.05) is 19.3 Å². The largest absolute Gasteiger partial charge is 0.478 e. The molecule has 92 valence electrons. The maximum atomic E-state index is 11.1. The molecular formula is C13H18N2O2. The molecule has 0 saturated carbocycles.